The van der Waals surface area contributed by atoms with Gasteiger partial charge in [0.1, 0.15) is 6.10 Å². The van der Waals surface area contributed by atoms with Gasteiger partial charge in [0.25, 0.3) is 0 Å². The molecule has 0 unspecified atom stereocenters. The molecule has 0 saturated heterocycles. The molecule has 0 atom stereocenters. The van der Waals surface area contributed by atoms with Crippen LogP contribution < -0.4 is 0 Å². The van der Waals surface area contributed by atoms with Crippen molar-refractivity contribution in [2.75, 3.05) is 5.75 Å². The van der Waals surface area contributed by atoms with Crippen molar-refractivity contribution < 1.29 is 9.53 Å². The monoisotopic (exact) mass is 441 g/mol. The number of hydrogen-bond acceptors (Lipinski definition) is 5. The molecule has 1 fully saturated rings. The van der Waals surface area contributed by atoms with E-state index in [1.807, 2.05) is 54.0 Å². The number of carbonyl (C=O) groups excluding carboxylic acids is 1. The van der Waals surface area contributed by atoms with Gasteiger partial charge in [-0.05, 0) is 56.9 Å². The van der Waals surface area contributed by atoms with Crippen molar-refractivity contribution in [2.24, 2.45) is 0 Å². The number of esters is 1. The Bertz CT molecular complexity index is 1030. The largest absolute Gasteiger partial charge is 0.462 e. The predicted octanol–water partition coefficient (Wildman–Crippen LogP) is 5.86. The first-order valence-electron chi connectivity index (χ1n) is 10.2. The van der Waals surface area contributed by atoms with Gasteiger partial charge in [-0.3, -0.25) is 9.36 Å². The lowest BCUT2D eigenvalue weighted by Gasteiger charge is -2.21. The molecule has 0 aliphatic heterocycles. The molecule has 0 bridgehead atoms. The van der Waals surface area contributed by atoms with E-state index in [1.165, 1.54) is 18.2 Å². The van der Waals surface area contributed by atoms with Gasteiger partial charge in [0.15, 0.2) is 11.0 Å². The van der Waals surface area contributed by atoms with E-state index in [1.54, 1.807) is 0 Å². The lowest BCUT2D eigenvalue weighted by Crippen LogP contribution is -2.22. The maximum Gasteiger partial charge on any atom is 0.316 e. The maximum atomic E-state index is 12.4. The molecule has 7 heteroatoms. The summed E-state index contributed by atoms with van der Waals surface area (Å²) in [7, 11) is 0. The number of hydrogen-bond donors (Lipinski definition) is 0. The highest BCUT2D eigenvalue weighted by molar-refractivity contribution is 7.99. The summed E-state index contributed by atoms with van der Waals surface area (Å²) in [4.78, 5) is 12.4. The van der Waals surface area contributed by atoms with Crippen molar-refractivity contribution in [3.63, 3.8) is 0 Å². The summed E-state index contributed by atoms with van der Waals surface area (Å²) >= 11 is 7.57. The van der Waals surface area contributed by atoms with Crippen LogP contribution in [0.25, 0.3) is 17.1 Å². The molecule has 1 aromatic heterocycles. The smallest absolute Gasteiger partial charge is 0.316 e. The standard InChI is InChI=1S/C23H24ClN3O2S/c1-16-7-5-8-17(13-16)22-25-26-23(27(22)19-10-6-9-18(24)14-19)30-15-21(28)29-20-11-3-2-4-12-20/h5-10,13-14,20H,2-4,11-12,15H2,1H3. The van der Waals surface area contributed by atoms with Gasteiger partial charge in [0.2, 0.25) is 0 Å². The highest BCUT2D eigenvalue weighted by Gasteiger charge is 2.21. The van der Waals surface area contributed by atoms with Crippen molar-refractivity contribution in [1.29, 1.82) is 0 Å². The number of aryl methyl sites for hydroxylation is 1. The lowest BCUT2D eigenvalue weighted by molar-refractivity contribution is -0.147. The van der Waals surface area contributed by atoms with Crippen molar-refractivity contribution >= 4 is 29.3 Å². The van der Waals surface area contributed by atoms with Gasteiger partial charge in [0, 0.05) is 10.6 Å². The predicted molar refractivity (Wildman–Crippen MR) is 120 cm³/mol. The molecular formula is C23H24ClN3O2S. The summed E-state index contributed by atoms with van der Waals surface area (Å²) in [5, 5.41) is 10.1. The molecule has 4 rings (SSSR count). The van der Waals surface area contributed by atoms with Crippen LogP contribution in [0, 0.1) is 6.92 Å². The zero-order chi connectivity index (χ0) is 20.9. The Balaban J connectivity index is 1.59. The molecule has 0 N–H and O–H groups in total. The van der Waals surface area contributed by atoms with Crippen LogP contribution in [0.15, 0.2) is 53.7 Å². The minimum absolute atomic E-state index is 0.0560. The van der Waals surface area contributed by atoms with Gasteiger partial charge in [-0.25, -0.2) is 0 Å². The van der Waals surface area contributed by atoms with Crippen LogP contribution in [-0.4, -0.2) is 32.6 Å². The molecule has 5 nitrogen and oxygen atoms in total. The minimum atomic E-state index is -0.204. The Kier molecular flexibility index (Phi) is 6.75. The fourth-order valence-electron chi connectivity index (χ4n) is 3.71. The summed E-state index contributed by atoms with van der Waals surface area (Å²) in [5.41, 5.74) is 2.95. The van der Waals surface area contributed by atoms with Crippen molar-refractivity contribution in [3.8, 4) is 17.1 Å². The van der Waals surface area contributed by atoms with Gasteiger partial charge >= 0.3 is 5.97 Å². The van der Waals surface area contributed by atoms with Crippen LogP contribution in [0.3, 0.4) is 0 Å². The van der Waals surface area contributed by atoms with Crippen LogP contribution in [0.5, 0.6) is 0 Å². The molecule has 1 aliphatic rings. The Labute approximate surface area is 185 Å². The van der Waals surface area contributed by atoms with Gasteiger partial charge < -0.3 is 4.74 Å². The average Bonchev–Trinajstić information content (AvgIpc) is 3.17. The summed E-state index contributed by atoms with van der Waals surface area (Å²) in [6.45, 7) is 2.04. The zero-order valence-corrected chi connectivity index (χ0v) is 18.5. The first kappa shape index (κ1) is 20.9. The Morgan fingerprint density at radius 1 is 1.13 bits per heavy atom. The maximum absolute atomic E-state index is 12.4. The molecule has 3 aromatic rings. The fraction of sp³-hybridized carbons (Fsp3) is 0.348. The van der Waals surface area contributed by atoms with Gasteiger partial charge in [-0.1, -0.05) is 59.6 Å². The highest BCUT2D eigenvalue weighted by atomic mass is 35.5. The molecule has 1 aliphatic carbocycles. The number of ether oxygens (including phenoxy) is 1. The Morgan fingerprint density at radius 3 is 2.70 bits per heavy atom. The van der Waals surface area contributed by atoms with E-state index in [0.717, 1.165) is 42.5 Å². The van der Waals surface area contributed by atoms with Gasteiger partial charge in [0.05, 0.1) is 11.4 Å². The first-order valence-corrected chi connectivity index (χ1v) is 11.6. The van der Waals surface area contributed by atoms with E-state index < -0.39 is 0 Å². The second-order valence-electron chi connectivity index (χ2n) is 7.53. The normalized spacial score (nSPS) is 14.6. The van der Waals surface area contributed by atoms with Crippen LogP contribution in [-0.2, 0) is 9.53 Å². The summed E-state index contributed by atoms with van der Waals surface area (Å²) < 4.78 is 7.59. The third-order valence-corrected chi connectivity index (χ3v) is 6.28. The molecule has 0 radical (unpaired) electrons. The van der Waals surface area contributed by atoms with Crippen molar-refractivity contribution in [3.05, 3.63) is 59.1 Å². The van der Waals surface area contributed by atoms with Gasteiger partial charge in [-0.15, -0.1) is 10.2 Å². The third-order valence-electron chi connectivity index (χ3n) is 5.15. The van der Waals surface area contributed by atoms with Crippen LogP contribution >= 0.6 is 23.4 Å². The van der Waals surface area contributed by atoms with Crippen LogP contribution in [0.2, 0.25) is 5.02 Å². The molecule has 2 aromatic carbocycles. The summed E-state index contributed by atoms with van der Waals surface area (Å²) in [6.07, 6.45) is 5.48. The van der Waals surface area contributed by atoms with E-state index in [-0.39, 0.29) is 17.8 Å². The number of benzene rings is 2. The van der Waals surface area contributed by atoms with E-state index in [9.17, 15) is 4.79 Å². The number of thioether (sulfide) groups is 1. The number of halogens is 1. The fourth-order valence-corrected chi connectivity index (χ4v) is 4.63. The lowest BCUT2D eigenvalue weighted by atomic mass is 9.98. The van der Waals surface area contributed by atoms with E-state index in [2.05, 4.69) is 16.3 Å². The quantitative estimate of drug-likeness (QED) is 0.354. The second kappa shape index (κ2) is 9.67. The number of aromatic nitrogens is 3. The number of carbonyl (C=O) groups is 1. The summed E-state index contributed by atoms with van der Waals surface area (Å²) in [5.74, 6) is 0.706. The molecule has 156 valence electrons. The molecule has 30 heavy (non-hydrogen) atoms. The SMILES string of the molecule is Cc1cccc(-c2nnc(SCC(=O)OC3CCCCC3)n2-c2cccc(Cl)c2)c1. The topological polar surface area (TPSA) is 57.0 Å². The Morgan fingerprint density at radius 2 is 1.93 bits per heavy atom. The Hall–Kier alpha value is -2.31. The van der Waals surface area contributed by atoms with Crippen LogP contribution in [0.4, 0.5) is 0 Å². The number of rotatable bonds is 6. The number of nitrogens with zero attached hydrogens (tertiary/aromatic N) is 3. The van der Waals surface area contributed by atoms with Crippen molar-refractivity contribution in [1.82, 2.24) is 14.8 Å². The zero-order valence-electron chi connectivity index (χ0n) is 16.9. The average molecular weight is 442 g/mol. The first-order chi connectivity index (χ1) is 14.6. The highest BCUT2D eigenvalue weighted by Crippen LogP contribution is 2.30. The third kappa shape index (κ3) is 5.05. The van der Waals surface area contributed by atoms with Gasteiger partial charge in [-0.2, -0.15) is 0 Å². The summed E-state index contributed by atoms with van der Waals surface area (Å²) in [6, 6.07) is 15.7. The molecular weight excluding hydrogens is 418 g/mol. The van der Waals surface area contributed by atoms with E-state index >= 15 is 0 Å². The van der Waals surface area contributed by atoms with E-state index in [4.69, 9.17) is 16.3 Å². The second-order valence-corrected chi connectivity index (χ2v) is 8.91. The van der Waals surface area contributed by atoms with Crippen LogP contribution in [0.1, 0.15) is 37.7 Å². The molecule has 0 spiro atoms. The molecule has 1 heterocycles. The van der Waals surface area contributed by atoms with E-state index in [0.29, 0.717) is 16.0 Å². The van der Waals surface area contributed by atoms with Crippen molar-refractivity contribution in [2.45, 2.75) is 50.3 Å². The minimum Gasteiger partial charge on any atom is -0.462 e. The molecule has 1 saturated carbocycles. The molecule has 0 amide bonds.